The van der Waals surface area contributed by atoms with Crippen LogP contribution in [0.1, 0.15) is 38.4 Å². The molecular formula is C22H24FNO5. The third-order valence-corrected chi connectivity index (χ3v) is 4.45. The maximum Gasteiger partial charge on any atom is 0.412 e. The van der Waals surface area contributed by atoms with E-state index in [0.717, 1.165) is 12.1 Å². The van der Waals surface area contributed by atoms with Crippen molar-refractivity contribution in [3.63, 3.8) is 0 Å². The van der Waals surface area contributed by atoms with Crippen LogP contribution in [0.25, 0.3) is 0 Å². The summed E-state index contributed by atoms with van der Waals surface area (Å²) in [5.74, 6) is -2.36. The zero-order valence-electron chi connectivity index (χ0n) is 16.3. The van der Waals surface area contributed by atoms with Gasteiger partial charge in [0.2, 0.25) is 0 Å². The lowest BCUT2D eigenvalue weighted by Gasteiger charge is -2.34. The molecule has 7 heteroatoms. The summed E-state index contributed by atoms with van der Waals surface area (Å²) in [6.07, 6.45) is 1.93. The SMILES string of the molecule is CC(C)(CC/C=C/C(=O)O)[C@H](OC(=O)Nc1ccccc1)c1ccc(O)c(F)c1. The van der Waals surface area contributed by atoms with Gasteiger partial charge in [0.15, 0.2) is 11.6 Å². The largest absolute Gasteiger partial charge is 0.505 e. The Morgan fingerprint density at radius 1 is 1.21 bits per heavy atom. The first kappa shape index (κ1) is 21.9. The van der Waals surface area contributed by atoms with Gasteiger partial charge in [-0.3, -0.25) is 5.32 Å². The molecule has 0 saturated heterocycles. The molecule has 1 amide bonds. The number of benzene rings is 2. The van der Waals surface area contributed by atoms with Crippen molar-refractivity contribution < 1.29 is 28.9 Å². The van der Waals surface area contributed by atoms with Crippen molar-refractivity contribution >= 4 is 17.7 Å². The van der Waals surface area contributed by atoms with Gasteiger partial charge in [-0.05, 0) is 42.7 Å². The molecule has 2 aromatic rings. The highest BCUT2D eigenvalue weighted by atomic mass is 19.1. The van der Waals surface area contributed by atoms with E-state index >= 15 is 0 Å². The highest BCUT2D eigenvalue weighted by Crippen LogP contribution is 2.41. The molecule has 2 rings (SSSR count). The number of allylic oxidation sites excluding steroid dienone is 1. The molecule has 1 atom stereocenters. The van der Waals surface area contributed by atoms with Crippen molar-refractivity contribution in [3.05, 3.63) is 72.1 Å². The minimum Gasteiger partial charge on any atom is -0.505 e. The van der Waals surface area contributed by atoms with Crippen LogP contribution >= 0.6 is 0 Å². The third kappa shape index (κ3) is 6.64. The van der Waals surface area contributed by atoms with E-state index in [1.54, 1.807) is 24.3 Å². The van der Waals surface area contributed by atoms with Gasteiger partial charge in [0, 0.05) is 17.2 Å². The first-order chi connectivity index (χ1) is 13.7. The molecule has 0 aliphatic rings. The lowest BCUT2D eigenvalue weighted by atomic mass is 9.78. The lowest BCUT2D eigenvalue weighted by Crippen LogP contribution is -2.29. The summed E-state index contributed by atoms with van der Waals surface area (Å²) in [5.41, 5.74) is 0.284. The van der Waals surface area contributed by atoms with Crippen molar-refractivity contribution in [2.75, 3.05) is 5.32 Å². The smallest absolute Gasteiger partial charge is 0.412 e. The number of anilines is 1. The number of carboxylic acid groups (broad SMARTS) is 1. The Balaban J connectivity index is 2.23. The number of nitrogens with one attached hydrogen (secondary N) is 1. The number of aliphatic carboxylic acids is 1. The Kier molecular flexibility index (Phi) is 7.36. The van der Waals surface area contributed by atoms with Crippen LogP contribution in [-0.4, -0.2) is 22.3 Å². The molecule has 29 heavy (non-hydrogen) atoms. The summed E-state index contributed by atoms with van der Waals surface area (Å²) in [6.45, 7) is 3.68. The van der Waals surface area contributed by atoms with Gasteiger partial charge >= 0.3 is 12.1 Å². The van der Waals surface area contributed by atoms with Gasteiger partial charge in [-0.15, -0.1) is 0 Å². The molecule has 0 aliphatic carbocycles. The van der Waals surface area contributed by atoms with Crippen LogP contribution in [0.3, 0.4) is 0 Å². The van der Waals surface area contributed by atoms with Crippen LogP contribution < -0.4 is 5.32 Å². The minimum atomic E-state index is -1.04. The number of hydrogen-bond acceptors (Lipinski definition) is 4. The van der Waals surface area contributed by atoms with Crippen LogP contribution in [0.15, 0.2) is 60.7 Å². The monoisotopic (exact) mass is 401 g/mol. The lowest BCUT2D eigenvalue weighted by molar-refractivity contribution is -0.131. The zero-order chi connectivity index (χ0) is 21.4. The summed E-state index contributed by atoms with van der Waals surface area (Å²) in [6, 6.07) is 12.6. The van der Waals surface area contributed by atoms with Crippen molar-refractivity contribution in [3.8, 4) is 5.75 Å². The second-order valence-electron chi connectivity index (χ2n) is 7.26. The molecule has 0 radical (unpaired) electrons. The van der Waals surface area contributed by atoms with Crippen molar-refractivity contribution in [2.45, 2.75) is 32.8 Å². The summed E-state index contributed by atoms with van der Waals surface area (Å²) in [5, 5.41) is 20.8. The molecular weight excluding hydrogens is 377 g/mol. The summed E-state index contributed by atoms with van der Waals surface area (Å²) >= 11 is 0. The number of carbonyl (C=O) groups excluding carboxylic acids is 1. The zero-order valence-corrected chi connectivity index (χ0v) is 16.3. The van der Waals surface area contributed by atoms with Crippen LogP contribution in [0.4, 0.5) is 14.9 Å². The molecule has 0 saturated carbocycles. The number of hydrogen-bond donors (Lipinski definition) is 3. The predicted octanol–water partition coefficient (Wildman–Crippen LogP) is 5.27. The van der Waals surface area contributed by atoms with E-state index in [9.17, 15) is 19.1 Å². The number of phenolic OH excluding ortho intramolecular Hbond substituents is 1. The average Bonchev–Trinajstić information content (AvgIpc) is 2.66. The van der Waals surface area contributed by atoms with Gasteiger partial charge in [0.1, 0.15) is 6.10 Å². The Labute approximate surface area is 168 Å². The van der Waals surface area contributed by atoms with E-state index in [2.05, 4.69) is 5.32 Å². The van der Waals surface area contributed by atoms with Crippen molar-refractivity contribution in [1.29, 1.82) is 0 Å². The number of amides is 1. The molecule has 2 aromatic carbocycles. The summed E-state index contributed by atoms with van der Waals surface area (Å²) in [4.78, 5) is 23.1. The molecule has 0 aliphatic heterocycles. The Morgan fingerprint density at radius 3 is 2.52 bits per heavy atom. The number of ether oxygens (including phenoxy) is 1. The Morgan fingerprint density at radius 2 is 1.90 bits per heavy atom. The number of phenols is 1. The summed E-state index contributed by atoms with van der Waals surface area (Å²) < 4.78 is 19.6. The van der Waals surface area contributed by atoms with Crippen molar-refractivity contribution in [2.24, 2.45) is 5.41 Å². The van der Waals surface area contributed by atoms with Gasteiger partial charge in [0.05, 0.1) is 0 Å². The van der Waals surface area contributed by atoms with Gasteiger partial charge in [-0.25, -0.2) is 14.0 Å². The molecule has 0 heterocycles. The van der Waals surface area contributed by atoms with Crippen LogP contribution in [-0.2, 0) is 9.53 Å². The van der Waals surface area contributed by atoms with E-state index in [1.807, 2.05) is 19.9 Å². The fraction of sp³-hybridized carbons (Fsp3) is 0.273. The topological polar surface area (TPSA) is 95.9 Å². The molecule has 154 valence electrons. The molecule has 6 nitrogen and oxygen atoms in total. The first-order valence-corrected chi connectivity index (χ1v) is 9.09. The fourth-order valence-corrected chi connectivity index (χ4v) is 2.91. The molecule has 0 fully saturated rings. The molecule has 0 spiro atoms. The summed E-state index contributed by atoms with van der Waals surface area (Å²) in [7, 11) is 0. The van der Waals surface area contributed by atoms with E-state index in [1.165, 1.54) is 18.2 Å². The van der Waals surface area contributed by atoms with Gasteiger partial charge < -0.3 is 14.9 Å². The normalized spacial score (nSPS) is 12.5. The van der Waals surface area contributed by atoms with Crippen molar-refractivity contribution in [1.82, 2.24) is 0 Å². The first-order valence-electron chi connectivity index (χ1n) is 9.09. The molecule has 0 bridgehead atoms. The fourth-order valence-electron chi connectivity index (χ4n) is 2.91. The maximum absolute atomic E-state index is 13.9. The Hall–Kier alpha value is -3.35. The average molecular weight is 401 g/mol. The van der Waals surface area contributed by atoms with Crippen LogP contribution in [0, 0.1) is 11.2 Å². The van der Waals surface area contributed by atoms with E-state index in [0.29, 0.717) is 24.1 Å². The highest BCUT2D eigenvalue weighted by molar-refractivity contribution is 5.84. The number of halogens is 1. The highest BCUT2D eigenvalue weighted by Gasteiger charge is 2.34. The molecule has 0 unspecified atom stereocenters. The standard InChI is InChI=1S/C22H24FNO5/c1-22(2,13-7-6-10-19(26)27)20(15-11-12-18(25)17(23)14-15)29-21(28)24-16-8-4-3-5-9-16/h3-6,8-12,14,20,25H,7,13H2,1-2H3,(H,24,28)(H,26,27)/b10-6+/t20-/m1/s1. The second kappa shape index (κ2) is 9.73. The number of aromatic hydroxyl groups is 1. The van der Waals surface area contributed by atoms with E-state index in [-0.39, 0.29) is 0 Å². The van der Waals surface area contributed by atoms with Gasteiger partial charge in [-0.1, -0.05) is 44.2 Å². The van der Waals surface area contributed by atoms with Gasteiger partial charge in [-0.2, -0.15) is 0 Å². The van der Waals surface area contributed by atoms with E-state index < -0.39 is 35.1 Å². The van der Waals surface area contributed by atoms with Gasteiger partial charge in [0.25, 0.3) is 0 Å². The number of carbonyl (C=O) groups is 2. The van der Waals surface area contributed by atoms with E-state index in [4.69, 9.17) is 9.84 Å². The predicted molar refractivity (Wildman–Crippen MR) is 107 cm³/mol. The number of para-hydroxylation sites is 1. The number of carboxylic acids is 1. The molecule has 0 aromatic heterocycles. The maximum atomic E-state index is 13.9. The number of rotatable bonds is 8. The van der Waals surface area contributed by atoms with Crippen LogP contribution in [0.5, 0.6) is 5.75 Å². The third-order valence-electron chi connectivity index (χ3n) is 4.45. The van der Waals surface area contributed by atoms with Crippen LogP contribution in [0.2, 0.25) is 0 Å². The quantitative estimate of drug-likeness (QED) is 0.524. The molecule has 3 N–H and O–H groups in total. The second-order valence-corrected chi connectivity index (χ2v) is 7.26. The Bertz CT molecular complexity index is 880. The minimum absolute atomic E-state index is 0.385.